The Kier molecular flexibility index (Phi) is 6.40. The first-order valence-electron chi connectivity index (χ1n) is 10.2. The number of hydrogen-bond acceptors (Lipinski definition) is 6. The maximum absolute atomic E-state index is 12.6. The maximum atomic E-state index is 12.6. The first-order valence-corrected chi connectivity index (χ1v) is 10.2. The Morgan fingerprint density at radius 2 is 1.76 bits per heavy atom. The third kappa shape index (κ3) is 5.21. The van der Waals surface area contributed by atoms with Crippen molar-refractivity contribution in [3.8, 4) is 11.4 Å². The highest BCUT2D eigenvalue weighted by molar-refractivity contribution is 5.93. The zero-order valence-electron chi connectivity index (χ0n) is 17.8. The first kappa shape index (κ1) is 21.7. The van der Waals surface area contributed by atoms with Gasteiger partial charge in [0.05, 0.1) is 16.3 Å². The van der Waals surface area contributed by atoms with Crippen LogP contribution in [-0.2, 0) is 13.2 Å². The number of non-ortho nitro benzene ring substituents is 1. The fraction of sp³-hybridized carbons (Fsp3) is 0.125. The predicted molar refractivity (Wildman–Crippen MR) is 121 cm³/mol. The zero-order valence-corrected chi connectivity index (χ0v) is 17.8. The number of para-hydroxylation sites is 1. The second kappa shape index (κ2) is 9.73. The van der Waals surface area contributed by atoms with E-state index in [0.29, 0.717) is 24.5 Å². The summed E-state index contributed by atoms with van der Waals surface area (Å²) in [6.45, 7) is 2.47. The summed E-state index contributed by atoms with van der Waals surface area (Å²) in [6.07, 6.45) is 0. The lowest BCUT2D eigenvalue weighted by Gasteiger charge is -2.08. The third-order valence-corrected chi connectivity index (χ3v) is 5.02. The molecule has 1 aromatic heterocycles. The molecule has 9 nitrogen and oxygen atoms in total. The summed E-state index contributed by atoms with van der Waals surface area (Å²) < 4.78 is 7.14. The molecule has 0 aliphatic heterocycles. The third-order valence-electron chi connectivity index (χ3n) is 5.02. The van der Waals surface area contributed by atoms with Crippen molar-refractivity contribution in [2.45, 2.75) is 20.1 Å². The molecule has 1 N–H and O–H groups in total. The number of carbonyl (C=O) groups excluding carboxylic acids is 1. The standard InChI is InChI=1S/C24H21N5O4/c1-17-23(26-27-28(17)20-6-5-7-21(14-20)29(31)32)24(30)25-15-18-10-12-19(13-11-18)16-33-22-8-3-2-4-9-22/h2-14H,15-16H2,1H3,(H,25,30). The van der Waals surface area contributed by atoms with Crippen molar-refractivity contribution in [3.63, 3.8) is 0 Å². The molecular formula is C24H21N5O4. The highest BCUT2D eigenvalue weighted by Gasteiger charge is 2.18. The molecule has 3 aromatic carbocycles. The van der Waals surface area contributed by atoms with Crippen LogP contribution in [0.1, 0.15) is 27.3 Å². The van der Waals surface area contributed by atoms with Crippen LogP contribution < -0.4 is 10.1 Å². The van der Waals surface area contributed by atoms with Crippen LogP contribution in [0.4, 0.5) is 5.69 Å². The van der Waals surface area contributed by atoms with Crippen LogP contribution >= 0.6 is 0 Å². The summed E-state index contributed by atoms with van der Waals surface area (Å²) in [5.41, 5.74) is 2.99. The smallest absolute Gasteiger partial charge is 0.274 e. The molecule has 4 aromatic rings. The van der Waals surface area contributed by atoms with Gasteiger partial charge in [0.15, 0.2) is 5.69 Å². The van der Waals surface area contributed by atoms with Crippen LogP contribution in [-0.4, -0.2) is 25.8 Å². The Morgan fingerprint density at radius 1 is 1.03 bits per heavy atom. The molecular weight excluding hydrogens is 422 g/mol. The lowest BCUT2D eigenvalue weighted by molar-refractivity contribution is -0.384. The molecule has 0 atom stereocenters. The topological polar surface area (TPSA) is 112 Å². The average Bonchev–Trinajstić information content (AvgIpc) is 3.24. The highest BCUT2D eigenvalue weighted by atomic mass is 16.6. The molecule has 0 aliphatic carbocycles. The number of aromatic nitrogens is 3. The van der Waals surface area contributed by atoms with Gasteiger partial charge in [-0.15, -0.1) is 5.10 Å². The van der Waals surface area contributed by atoms with E-state index < -0.39 is 4.92 Å². The Balaban J connectivity index is 1.36. The quantitative estimate of drug-likeness (QED) is 0.325. The van der Waals surface area contributed by atoms with E-state index in [1.807, 2.05) is 54.6 Å². The van der Waals surface area contributed by atoms with E-state index in [0.717, 1.165) is 16.9 Å². The molecule has 0 bridgehead atoms. The molecule has 0 fully saturated rings. The zero-order chi connectivity index (χ0) is 23.2. The summed E-state index contributed by atoms with van der Waals surface area (Å²) in [5.74, 6) is 0.433. The van der Waals surface area contributed by atoms with E-state index in [-0.39, 0.29) is 17.3 Å². The predicted octanol–water partition coefficient (Wildman–Crippen LogP) is 3.99. The molecule has 1 amide bonds. The second-order valence-electron chi connectivity index (χ2n) is 7.31. The molecule has 0 aliphatic rings. The van der Waals surface area contributed by atoms with E-state index >= 15 is 0 Å². The van der Waals surface area contributed by atoms with Crippen LogP contribution in [0.15, 0.2) is 78.9 Å². The molecule has 0 unspecified atom stereocenters. The number of hydrogen-bond donors (Lipinski definition) is 1. The molecule has 0 saturated carbocycles. The van der Waals surface area contributed by atoms with Gasteiger partial charge in [-0.05, 0) is 36.2 Å². The number of benzene rings is 3. The van der Waals surface area contributed by atoms with E-state index in [1.54, 1.807) is 19.1 Å². The van der Waals surface area contributed by atoms with Gasteiger partial charge in [0, 0.05) is 18.7 Å². The van der Waals surface area contributed by atoms with Gasteiger partial charge in [0.1, 0.15) is 12.4 Å². The molecule has 0 saturated heterocycles. The van der Waals surface area contributed by atoms with Gasteiger partial charge < -0.3 is 10.1 Å². The summed E-state index contributed by atoms with van der Waals surface area (Å²) in [4.78, 5) is 23.2. The number of ether oxygens (including phenoxy) is 1. The van der Waals surface area contributed by atoms with Gasteiger partial charge in [-0.3, -0.25) is 14.9 Å². The SMILES string of the molecule is Cc1c(C(=O)NCc2ccc(COc3ccccc3)cc2)nnn1-c1cccc([N+](=O)[O-])c1. The Labute approximate surface area is 189 Å². The van der Waals surface area contributed by atoms with Crippen molar-refractivity contribution in [3.05, 3.63) is 111 Å². The largest absolute Gasteiger partial charge is 0.489 e. The molecule has 1 heterocycles. The normalized spacial score (nSPS) is 10.6. The van der Waals surface area contributed by atoms with E-state index in [4.69, 9.17) is 4.74 Å². The molecule has 33 heavy (non-hydrogen) atoms. The number of nitro benzene ring substituents is 1. The molecule has 4 rings (SSSR count). The van der Waals surface area contributed by atoms with Crippen LogP contribution in [0.25, 0.3) is 5.69 Å². The molecule has 0 radical (unpaired) electrons. The number of carbonyl (C=O) groups is 1. The number of nitrogens with one attached hydrogen (secondary N) is 1. The van der Waals surface area contributed by atoms with Crippen LogP contribution in [0.5, 0.6) is 5.75 Å². The number of amides is 1. The molecule has 9 heteroatoms. The number of rotatable bonds is 8. The van der Waals surface area contributed by atoms with Crippen molar-refractivity contribution in [2.75, 3.05) is 0 Å². The summed E-state index contributed by atoms with van der Waals surface area (Å²) in [7, 11) is 0. The van der Waals surface area contributed by atoms with Gasteiger partial charge in [0.25, 0.3) is 11.6 Å². The minimum Gasteiger partial charge on any atom is -0.489 e. The lowest BCUT2D eigenvalue weighted by Crippen LogP contribution is -2.24. The van der Waals surface area contributed by atoms with Gasteiger partial charge in [-0.2, -0.15) is 0 Å². The average molecular weight is 443 g/mol. The summed E-state index contributed by atoms with van der Waals surface area (Å²) in [5, 5.41) is 21.8. The van der Waals surface area contributed by atoms with E-state index in [9.17, 15) is 14.9 Å². The Hall–Kier alpha value is -4.53. The number of nitrogens with zero attached hydrogens (tertiary/aromatic N) is 4. The van der Waals surface area contributed by atoms with Crippen molar-refractivity contribution < 1.29 is 14.5 Å². The van der Waals surface area contributed by atoms with Crippen molar-refractivity contribution in [1.82, 2.24) is 20.3 Å². The summed E-state index contributed by atoms with van der Waals surface area (Å²) >= 11 is 0. The van der Waals surface area contributed by atoms with E-state index in [2.05, 4.69) is 15.6 Å². The molecule has 0 spiro atoms. The van der Waals surface area contributed by atoms with Crippen LogP contribution in [0.2, 0.25) is 0 Å². The Bertz CT molecular complexity index is 1270. The minimum absolute atomic E-state index is 0.0639. The van der Waals surface area contributed by atoms with Crippen LogP contribution in [0.3, 0.4) is 0 Å². The van der Waals surface area contributed by atoms with Crippen LogP contribution in [0, 0.1) is 17.0 Å². The fourth-order valence-corrected chi connectivity index (χ4v) is 3.23. The first-order chi connectivity index (χ1) is 16.0. The minimum atomic E-state index is -0.484. The van der Waals surface area contributed by atoms with Crippen molar-refractivity contribution in [1.29, 1.82) is 0 Å². The van der Waals surface area contributed by atoms with Gasteiger partial charge in [-0.1, -0.05) is 53.7 Å². The number of nitro groups is 1. The van der Waals surface area contributed by atoms with Gasteiger partial charge >= 0.3 is 0 Å². The summed E-state index contributed by atoms with van der Waals surface area (Å²) in [6, 6.07) is 23.3. The van der Waals surface area contributed by atoms with Crippen molar-refractivity contribution in [2.24, 2.45) is 0 Å². The monoisotopic (exact) mass is 443 g/mol. The fourth-order valence-electron chi connectivity index (χ4n) is 3.23. The van der Waals surface area contributed by atoms with Crippen molar-refractivity contribution >= 4 is 11.6 Å². The maximum Gasteiger partial charge on any atom is 0.274 e. The lowest BCUT2D eigenvalue weighted by atomic mass is 10.1. The molecule has 166 valence electrons. The second-order valence-corrected chi connectivity index (χ2v) is 7.31. The van der Waals surface area contributed by atoms with E-state index in [1.165, 1.54) is 16.8 Å². The van der Waals surface area contributed by atoms with Gasteiger partial charge in [-0.25, -0.2) is 4.68 Å². The highest BCUT2D eigenvalue weighted by Crippen LogP contribution is 2.18. The van der Waals surface area contributed by atoms with Gasteiger partial charge in [0.2, 0.25) is 0 Å². The Morgan fingerprint density at radius 3 is 2.48 bits per heavy atom.